The van der Waals surface area contributed by atoms with E-state index in [0.29, 0.717) is 24.6 Å². The maximum atomic E-state index is 12.4. The maximum Gasteiger partial charge on any atom is 0.414 e. The quantitative estimate of drug-likeness (QED) is 0.916. The summed E-state index contributed by atoms with van der Waals surface area (Å²) in [6.07, 6.45) is 0.407. The second kappa shape index (κ2) is 7.01. The van der Waals surface area contributed by atoms with Gasteiger partial charge in [-0.05, 0) is 63.1 Å². The van der Waals surface area contributed by atoms with Crippen LogP contribution in [0.3, 0.4) is 0 Å². The molecule has 0 spiro atoms. The summed E-state index contributed by atoms with van der Waals surface area (Å²) in [4.78, 5) is 26.0. The van der Waals surface area contributed by atoms with E-state index in [4.69, 9.17) is 9.15 Å². The summed E-state index contributed by atoms with van der Waals surface area (Å²) in [5, 5.41) is 2.91. The van der Waals surface area contributed by atoms with Gasteiger partial charge in [-0.25, -0.2) is 4.79 Å². The smallest absolute Gasteiger partial charge is 0.414 e. The number of carbonyl (C=O) groups excluding carboxylic acids is 2. The van der Waals surface area contributed by atoms with Crippen LogP contribution in [0.25, 0.3) is 0 Å². The van der Waals surface area contributed by atoms with Crippen molar-refractivity contribution in [2.75, 3.05) is 23.4 Å². The molecule has 2 amide bonds. The fraction of sp³-hybridized carbons (Fsp3) is 0.368. The molecule has 2 aromatic rings. The molecular weight excluding hydrogens is 320 g/mol. The third-order valence-electron chi connectivity index (χ3n) is 4.31. The topological polar surface area (TPSA) is 71.8 Å². The minimum absolute atomic E-state index is 0.130. The molecule has 132 valence electrons. The molecule has 25 heavy (non-hydrogen) atoms. The molecule has 1 aliphatic heterocycles. The minimum Gasteiger partial charge on any atom is -0.466 e. The van der Waals surface area contributed by atoms with E-state index in [0.717, 1.165) is 23.4 Å². The van der Waals surface area contributed by atoms with Crippen molar-refractivity contribution >= 4 is 23.4 Å². The number of aryl methyl sites for hydroxylation is 1. The molecule has 1 unspecified atom stereocenters. The number of fused-ring (bicyclic) bond motifs is 1. The van der Waals surface area contributed by atoms with Crippen molar-refractivity contribution in [3.8, 4) is 0 Å². The van der Waals surface area contributed by atoms with Crippen LogP contribution in [0.15, 0.2) is 34.7 Å². The fourth-order valence-corrected chi connectivity index (χ4v) is 2.94. The van der Waals surface area contributed by atoms with Crippen LogP contribution in [-0.4, -0.2) is 25.2 Å². The average molecular weight is 342 g/mol. The monoisotopic (exact) mass is 342 g/mol. The van der Waals surface area contributed by atoms with E-state index >= 15 is 0 Å². The first-order valence-corrected chi connectivity index (χ1v) is 8.44. The van der Waals surface area contributed by atoms with Crippen LogP contribution < -0.4 is 10.2 Å². The summed E-state index contributed by atoms with van der Waals surface area (Å²) in [6, 6.07) is 9.22. The Morgan fingerprint density at radius 1 is 1.32 bits per heavy atom. The third-order valence-corrected chi connectivity index (χ3v) is 4.31. The molecule has 0 radical (unpaired) electrons. The highest BCUT2D eigenvalue weighted by Gasteiger charge is 2.26. The summed E-state index contributed by atoms with van der Waals surface area (Å²) >= 11 is 0. The van der Waals surface area contributed by atoms with Crippen LogP contribution in [0.1, 0.15) is 36.8 Å². The highest BCUT2D eigenvalue weighted by atomic mass is 16.6. The van der Waals surface area contributed by atoms with E-state index in [2.05, 4.69) is 5.32 Å². The summed E-state index contributed by atoms with van der Waals surface area (Å²) in [5.41, 5.74) is 2.57. The van der Waals surface area contributed by atoms with Crippen molar-refractivity contribution < 1.29 is 18.7 Å². The van der Waals surface area contributed by atoms with Crippen LogP contribution in [-0.2, 0) is 16.0 Å². The Kier molecular flexibility index (Phi) is 4.79. The van der Waals surface area contributed by atoms with E-state index in [1.165, 1.54) is 0 Å². The normalized spacial score (nSPS) is 14.1. The van der Waals surface area contributed by atoms with Gasteiger partial charge in [0.25, 0.3) is 0 Å². The van der Waals surface area contributed by atoms with Crippen molar-refractivity contribution in [1.29, 1.82) is 0 Å². The van der Waals surface area contributed by atoms with E-state index in [9.17, 15) is 9.59 Å². The zero-order valence-corrected chi connectivity index (χ0v) is 14.7. The molecule has 1 aromatic heterocycles. The summed E-state index contributed by atoms with van der Waals surface area (Å²) in [5.74, 6) is 0.920. The van der Waals surface area contributed by atoms with Gasteiger partial charge in [0.15, 0.2) is 0 Å². The van der Waals surface area contributed by atoms with Crippen molar-refractivity contribution in [2.45, 2.75) is 33.1 Å². The van der Waals surface area contributed by atoms with Gasteiger partial charge in [0.1, 0.15) is 11.5 Å². The van der Waals surface area contributed by atoms with E-state index < -0.39 is 0 Å². The second-order valence-electron chi connectivity index (χ2n) is 6.10. The lowest BCUT2D eigenvalue weighted by molar-refractivity contribution is -0.117. The molecule has 0 fully saturated rings. The van der Waals surface area contributed by atoms with Crippen molar-refractivity contribution in [1.82, 2.24) is 0 Å². The zero-order chi connectivity index (χ0) is 18.0. The van der Waals surface area contributed by atoms with Crippen LogP contribution in [0.2, 0.25) is 0 Å². The number of nitrogens with one attached hydrogen (secondary N) is 1. The van der Waals surface area contributed by atoms with E-state index in [-0.39, 0.29) is 17.9 Å². The molecule has 1 N–H and O–H groups in total. The molecule has 1 atom stereocenters. The Labute approximate surface area is 146 Å². The summed E-state index contributed by atoms with van der Waals surface area (Å²) in [7, 11) is 0. The highest BCUT2D eigenvalue weighted by molar-refractivity contribution is 5.96. The van der Waals surface area contributed by atoms with Crippen LogP contribution in [0.5, 0.6) is 0 Å². The van der Waals surface area contributed by atoms with Gasteiger partial charge in [-0.15, -0.1) is 0 Å². The van der Waals surface area contributed by atoms with E-state index in [1.807, 2.05) is 38.1 Å². The van der Waals surface area contributed by atoms with Gasteiger partial charge in [-0.3, -0.25) is 9.69 Å². The number of benzene rings is 1. The Bertz CT molecular complexity index is 796. The number of amides is 2. The molecule has 3 rings (SSSR count). The first-order valence-electron chi connectivity index (χ1n) is 8.44. The average Bonchev–Trinajstić information content (AvgIpc) is 3.20. The van der Waals surface area contributed by atoms with Gasteiger partial charge >= 0.3 is 6.09 Å². The maximum absolute atomic E-state index is 12.4. The zero-order valence-electron chi connectivity index (χ0n) is 14.7. The number of rotatable bonds is 4. The standard InChI is InChI=1S/C19H22N2O4/c1-4-24-19(23)21-10-9-14-11-15(6-7-16(14)21)20-18(22)13(3)17-8-5-12(2)25-17/h5-8,11,13H,4,9-10H2,1-3H3,(H,20,22). The minimum atomic E-state index is -0.377. The predicted molar refractivity (Wildman–Crippen MR) is 95.0 cm³/mol. The van der Waals surface area contributed by atoms with Gasteiger partial charge in [0, 0.05) is 12.2 Å². The number of nitrogens with zero attached hydrogens (tertiary/aromatic N) is 1. The number of hydrogen-bond acceptors (Lipinski definition) is 4. The first kappa shape index (κ1) is 17.1. The Hall–Kier alpha value is -2.76. The number of anilines is 2. The molecule has 0 saturated carbocycles. The number of furan rings is 1. The SMILES string of the molecule is CCOC(=O)N1CCc2cc(NC(=O)C(C)c3ccc(C)o3)ccc21. The second-order valence-corrected chi connectivity index (χ2v) is 6.10. The molecule has 0 aliphatic carbocycles. The number of ether oxygens (including phenoxy) is 1. The molecule has 6 nitrogen and oxygen atoms in total. The molecule has 1 aliphatic rings. The lowest BCUT2D eigenvalue weighted by atomic mass is 10.1. The molecule has 0 bridgehead atoms. The largest absolute Gasteiger partial charge is 0.466 e. The van der Waals surface area contributed by atoms with Crippen molar-refractivity contribution in [2.24, 2.45) is 0 Å². The molecular formula is C19H22N2O4. The van der Waals surface area contributed by atoms with E-state index in [1.54, 1.807) is 17.9 Å². The van der Waals surface area contributed by atoms with Crippen LogP contribution in [0.4, 0.5) is 16.2 Å². The molecule has 1 aromatic carbocycles. The Morgan fingerprint density at radius 2 is 2.12 bits per heavy atom. The molecule has 2 heterocycles. The van der Waals surface area contributed by atoms with Crippen molar-refractivity contribution in [3.63, 3.8) is 0 Å². The molecule has 6 heteroatoms. The number of hydrogen-bond donors (Lipinski definition) is 1. The van der Waals surface area contributed by atoms with Gasteiger partial charge in [-0.2, -0.15) is 0 Å². The lowest BCUT2D eigenvalue weighted by Crippen LogP contribution is -2.29. The Balaban J connectivity index is 1.71. The lowest BCUT2D eigenvalue weighted by Gasteiger charge is -2.17. The van der Waals surface area contributed by atoms with Crippen LogP contribution >= 0.6 is 0 Å². The van der Waals surface area contributed by atoms with Gasteiger partial charge in [0.2, 0.25) is 5.91 Å². The first-order chi connectivity index (χ1) is 12.0. The number of carbonyl (C=O) groups is 2. The highest BCUT2D eigenvalue weighted by Crippen LogP contribution is 2.31. The summed E-state index contributed by atoms with van der Waals surface area (Å²) in [6.45, 7) is 6.39. The fourth-order valence-electron chi connectivity index (χ4n) is 2.94. The van der Waals surface area contributed by atoms with Gasteiger partial charge < -0.3 is 14.5 Å². The van der Waals surface area contributed by atoms with Gasteiger partial charge in [-0.1, -0.05) is 0 Å². The third kappa shape index (κ3) is 3.52. The van der Waals surface area contributed by atoms with Crippen LogP contribution in [0, 0.1) is 6.92 Å². The van der Waals surface area contributed by atoms with Gasteiger partial charge in [0.05, 0.1) is 18.2 Å². The van der Waals surface area contributed by atoms with Crippen molar-refractivity contribution in [3.05, 3.63) is 47.4 Å². The summed E-state index contributed by atoms with van der Waals surface area (Å²) < 4.78 is 10.6. The predicted octanol–water partition coefficient (Wildman–Crippen LogP) is 3.85. The molecule has 0 saturated heterocycles. The Morgan fingerprint density at radius 3 is 2.80 bits per heavy atom.